The smallest absolute Gasteiger partial charge is 0.134 e. The molecular formula is C17H28N4O2S. The van der Waals surface area contributed by atoms with Crippen molar-refractivity contribution in [3.63, 3.8) is 0 Å². The van der Waals surface area contributed by atoms with E-state index in [9.17, 15) is 9.32 Å². The molecule has 0 radical (unpaired) electrons. The molecule has 4 atom stereocenters. The molecular weight excluding hydrogens is 324 g/mol. The second kappa shape index (κ2) is 8.25. The van der Waals surface area contributed by atoms with E-state index >= 15 is 0 Å². The normalized spacial score (nSPS) is 28.8. The summed E-state index contributed by atoms with van der Waals surface area (Å²) in [5.74, 6) is 2.46. The van der Waals surface area contributed by atoms with Crippen LogP contribution in [-0.4, -0.2) is 55.5 Å². The molecule has 2 heterocycles. The van der Waals surface area contributed by atoms with Gasteiger partial charge in [-0.15, -0.1) is 0 Å². The van der Waals surface area contributed by atoms with Gasteiger partial charge in [-0.3, -0.25) is 4.21 Å². The average molecular weight is 353 g/mol. The number of aromatic nitrogens is 2. The molecule has 0 spiro atoms. The summed E-state index contributed by atoms with van der Waals surface area (Å²) in [6, 6.07) is 2.47. The van der Waals surface area contributed by atoms with Gasteiger partial charge in [0.05, 0.1) is 12.6 Å². The second-order valence-corrected chi connectivity index (χ2v) is 8.74. The van der Waals surface area contributed by atoms with Gasteiger partial charge in [-0.1, -0.05) is 13.3 Å². The van der Waals surface area contributed by atoms with Gasteiger partial charge in [0, 0.05) is 40.5 Å². The standard InChI is InChI=1S/C17H28N4O2S/c1-2-24(23)15-7-3-5-13(9-15)20-16-10-17(19-12-18-16)21-8-4-6-14(21)11-22/h10,12-15,22H,2-9,11H2,1H3,(H,18,19,20). The zero-order valence-corrected chi connectivity index (χ0v) is 15.2. The summed E-state index contributed by atoms with van der Waals surface area (Å²) in [5.41, 5.74) is 0. The minimum atomic E-state index is -0.713. The van der Waals surface area contributed by atoms with Gasteiger partial charge in [0.25, 0.3) is 0 Å². The third-order valence-corrected chi connectivity index (χ3v) is 6.91. The number of aliphatic hydroxyl groups is 1. The van der Waals surface area contributed by atoms with Crippen molar-refractivity contribution < 1.29 is 9.32 Å². The maximum Gasteiger partial charge on any atom is 0.134 e. The fraction of sp³-hybridized carbons (Fsp3) is 0.765. The van der Waals surface area contributed by atoms with Gasteiger partial charge in [0.2, 0.25) is 0 Å². The highest BCUT2D eigenvalue weighted by Crippen LogP contribution is 2.27. The van der Waals surface area contributed by atoms with E-state index < -0.39 is 10.8 Å². The Morgan fingerprint density at radius 3 is 3.00 bits per heavy atom. The number of hydrogen-bond donors (Lipinski definition) is 2. The van der Waals surface area contributed by atoms with Crippen molar-refractivity contribution in [3.05, 3.63) is 12.4 Å². The fourth-order valence-corrected chi connectivity index (χ4v) is 5.22. The van der Waals surface area contributed by atoms with Crippen LogP contribution in [0.3, 0.4) is 0 Å². The second-order valence-electron chi connectivity index (χ2n) is 6.73. The number of hydrogen-bond acceptors (Lipinski definition) is 6. The van der Waals surface area contributed by atoms with E-state index in [-0.39, 0.29) is 12.6 Å². The summed E-state index contributed by atoms with van der Waals surface area (Å²) < 4.78 is 12.1. The van der Waals surface area contributed by atoms with E-state index in [0.717, 1.165) is 62.5 Å². The molecule has 1 saturated carbocycles. The van der Waals surface area contributed by atoms with Crippen LogP contribution in [0.25, 0.3) is 0 Å². The van der Waals surface area contributed by atoms with Gasteiger partial charge in [0.1, 0.15) is 18.0 Å². The van der Waals surface area contributed by atoms with Crippen molar-refractivity contribution in [2.45, 2.75) is 62.8 Å². The Morgan fingerprint density at radius 2 is 2.21 bits per heavy atom. The first-order chi connectivity index (χ1) is 11.7. The van der Waals surface area contributed by atoms with Crippen LogP contribution in [0.5, 0.6) is 0 Å². The summed E-state index contributed by atoms with van der Waals surface area (Å²) in [5, 5.41) is 13.3. The van der Waals surface area contributed by atoms with Crippen LogP contribution < -0.4 is 10.2 Å². The lowest BCUT2D eigenvalue weighted by atomic mass is 9.95. The van der Waals surface area contributed by atoms with E-state index in [0.29, 0.717) is 11.3 Å². The minimum absolute atomic E-state index is 0.166. The highest BCUT2D eigenvalue weighted by Gasteiger charge is 2.27. The van der Waals surface area contributed by atoms with E-state index in [2.05, 4.69) is 20.2 Å². The maximum absolute atomic E-state index is 12.1. The Morgan fingerprint density at radius 1 is 1.33 bits per heavy atom. The van der Waals surface area contributed by atoms with Crippen LogP contribution in [0.4, 0.5) is 11.6 Å². The van der Waals surface area contributed by atoms with Gasteiger partial charge < -0.3 is 15.3 Å². The molecule has 0 bridgehead atoms. The van der Waals surface area contributed by atoms with Gasteiger partial charge in [-0.25, -0.2) is 9.97 Å². The first-order valence-corrected chi connectivity index (χ1v) is 10.4. The summed E-state index contributed by atoms with van der Waals surface area (Å²) in [6.07, 6.45) is 7.92. The lowest BCUT2D eigenvalue weighted by Crippen LogP contribution is -2.34. The third kappa shape index (κ3) is 4.06. The molecule has 0 aromatic carbocycles. The van der Waals surface area contributed by atoms with Crippen LogP contribution in [-0.2, 0) is 10.8 Å². The molecule has 2 aliphatic rings. The Kier molecular flexibility index (Phi) is 6.05. The molecule has 24 heavy (non-hydrogen) atoms. The van der Waals surface area contributed by atoms with Gasteiger partial charge in [-0.05, 0) is 32.1 Å². The molecule has 1 aliphatic heterocycles. The lowest BCUT2D eigenvalue weighted by molar-refractivity contribution is 0.266. The van der Waals surface area contributed by atoms with Crippen molar-refractivity contribution in [1.29, 1.82) is 0 Å². The number of anilines is 2. The number of aliphatic hydroxyl groups excluding tert-OH is 1. The van der Waals surface area contributed by atoms with E-state index in [1.54, 1.807) is 6.33 Å². The van der Waals surface area contributed by atoms with Crippen LogP contribution in [0.15, 0.2) is 12.4 Å². The minimum Gasteiger partial charge on any atom is -0.394 e. The highest BCUT2D eigenvalue weighted by atomic mass is 32.2. The molecule has 3 rings (SSSR count). The Balaban J connectivity index is 1.65. The highest BCUT2D eigenvalue weighted by molar-refractivity contribution is 7.85. The molecule has 4 unspecified atom stereocenters. The van der Waals surface area contributed by atoms with Crippen molar-refractivity contribution >= 4 is 22.4 Å². The Hall–Kier alpha value is -1.21. The first-order valence-electron chi connectivity index (χ1n) is 9.04. The van der Waals surface area contributed by atoms with Crippen molar-refractivity contribution in [2.24, 2.45) is 0 Å². The van der Waals surface area contributed by atoms with Crippen molar-refractivity contribution in [3.8, 4) is 0 Å². The molecule has 2 fully saturated rings. The van der Waals surface area contributed by atoms with E-state index in [4.69, 9.17) is 0 Å². The average Bonchev–Trinajstić information content (AvgIpc) is 3.10. The molecule has 2 N–H and O–H groups in total. The largest absolute Gasteiger partial charge is 0.394 e. The predicted molar refractivity (Wildman–Crippen MR) is 97.8 cm³/mol. The molecule has 6 nitrogen and oxygen atoms in total. The van der Waals surface area contributed by atoms with Gasteiger partial charge in [0.15, 0.2) is 0 Å². The lowest BCUT2D eigenvalue weighted by Gasteiger charge is -2.30. The Labute approximate surface area is 146 Å². The molecule has 7 heteroatoms. The summed E-state index contributed by atoms with van der Waals surface area (Å²) in [7, 11) is -0.713. The molecule has 134 valence electrons. The zero-order chi connectivity index (χ0) is 16.9. The van der Waals surface area contributed by atoms with Crippen LogP contribution in [0.2, 0.25) is 0 Å². The SMILES string of the molecule is CCS(=O)C1CCCC(Nc2cc(N3CCCC3CO)ncn2)C1. The maximum atomic E-state index is 12.1. The fourth-order valence-electron chi connectivity index (χ4n) is 3.87. The predicted octanol–water partition coefficient (Wildman–Crippen LogP) is 1.93. The molecule has 1 saturated heterocycles. The molecule has 1 aromatic rings. The number of nitrogens with one attached hydrogen (secondary N) is 1. The first kappa shape index (κ1) is 17.6. The van der Waals surface area contributed by atoms with Gasteiger partial charge in [-0.2, -0.15) is 0 Å². The van der Waals surface area contributed by atoms with E-state index in [1.165, 1.54) is 0 Å². The van der Waals surface area contributed by atoms with Crippen LogP contribution >= 0.6 is 0 Å². The number of rotatable bonds is 6. The quantitative estimate of drug-likeness (QED) is 0.814. The summed E-state index contributed by atoms with van der Waals surface area (Å²) >= 11 is 0. The Bertz CT molecular complexity index is 571. The number of nitrogens with zero attached hydrogens (tertiary/aromatic N) is 3. The summed E-state index contributed by atoms with van der Waals surface area (Å²) in [6.45, 7) is 3.10. The van der Waals surface area contributed by atoms with Crippen LogP contribution in [0, 0.1) is 0 Å². The molecule has 0 amide bonds. The zero-order valence-electron chi connectivity index (χ0n) is 14.4. The molecule has 1 aromatic heterocycles. The summed E-state index contributed by atoms with van der Waals surface area (Å²) in [4.78, 5) is 10.9. The molecule has 1 aliphatic carbocycles. The van der Waals surface area contributed by atoms with Crippen molar-refractivity contribution in [1.82, 2.24) is 9.97 Å². The third-order valence-electron chi connectivity index (χ3n) is 5.17. The monoisotopic (exact) mass is 352 g/mol. The van der Waals surface area contributed by atoms with Crippen LogP contribution in [0.1, 0.15) is 45.4 Å². The van der Waals surface area contributed by atoms with Crippen molar-refractivity contribution in [2.75, 3.05) is 29.1 Å². The van der Waals surface area contributed by atoms with Gasteiger partial charge >= 0.3 is 0 Å². The topological polar surface area (TPSA) is 78.4 Å². The van der Waals surface area contributed by atoms with E-state index in [1.807, 2.05) is 13.0 Å².